The number of hydrogen-bond donors (Lipinski definition) is 1. The topological polar surface area (TPSA) is 83.6 Å². The number of fused-ring (bicyclic) bond motifs is 2. The Morgan fingerprint density at radius 1 is 1.11 bits per heavy atom. The Labute approximate surface area is 158 Å². The Morgan fingerprint density at radius 3 is 2.39 bits per heavy atom. The molecule has 1 saturated heterocycles. The molecule has 6 nitrogen and oxygen atoms in total. The van der Waals surface area contributed by atoms with Crippen molar-refractivity contribution in [2.75, 3.05) is 10.2 Å². The lowest BCUT2D eigenvalue weighted by atomic mass is 9.59. The number of imide groups is 1. The van der Waals surface area contributed by atoms with Crippen molar-refractivity contribution in [1.29, 1.82) is 0 Å². The van der Waals surface area contributed by atoms with Gasteiger partial charge in [0.25, 0.3) is 0 Å². The maximum atomic E-state index is 13.5. The number of carbonyl (C=O) groups is 4. The van der Waals surface area contributed by atoms with E-state index in [-0.39, 0.29) is 23.8 Å². The minimum absolute atomic E-state index is 0.0440. The summed E-state index contributed by atoms with van der Waals surface area (Å²) in [5.41, 5.74) is -1.79. The Bertz CT molecular complexity index is 911. The van der Waals surface area contributed by atoms with Crippen LogP contribution in [0.25, 0.3) is 0 Å². The number of carbonyl (C=O) groups excluding carboxylic acids is 4. The Balaban J connectivity index is 1.75. The van der Waals surface area contributed by atoms with E-state index < -0.39 is 52.9 Å². The van der Waals surface area contributed by atoms with E-state index in [1.54, 1.807) is 0 Å². The second-order valence-electron chi connectivity index (χ2n) is 7.59. The summed E-state index contributed by atoms with van der Waals surface area (Å²) in [6, 6.07) is 2.93. The van der Waals surface area contributed by atoms with Crippen molar-refractivity contribution in [3.05, 3.63) is 23.8 Å². The molecule has 2 bridgehead atoms. The van der Waals surface area contributed by atoms with Crippen molar-refractivity contribution in [3.63, 3.8) is 0 Å². The Morgan fingerprint density at radius 2 is 1.79 bits per heavy atom. The van der Waals surface area contributed by atoms with Crippen LogP contribution in [0.1, 0.15) is 31.7 Å². The van der Waals surface area contributed by atoms with Crippen molar-refractivity contribution in [2.45, 2.75) is 32.4 Å². The smallest absolute Gasteiger partial charge is 0.326 e. The first kappa shape index (κ1) is 18.6. The van der Waals surface area contributed by atoms with Gasteiger partial charge in [0, 0.05) is 19.3 Å². The molecule has 0 aromatic heterocycles. The minimum Gasteiger partial charge on any atom is -0.326 e. The van der Waals surface area contributed by atoms with E-state index in [2.05, 4.69) is 5.32 Å². The van der Waals surface area contributed by atoms with Gasteiger partial charge in [-0.15, -0.1) is 0 Å². The van der Waals surface area contributed by atoms with E-state index in [1.807, 2.05) is 0 Å². The number of anilines is 2. The lowest BCUT2D eigenvalue weighted by Crippen LogP contribution is -2.46. The summed E-state index contributed by atoms with van der Waals surface area (Å²) in [6.07, 6.45) is -3.35. The SMILES string of the molecule is CC(=O)Nc1ccc(N2C(=O)[C@@H]3[C@H]4CC[C@H](C(=O)C4)[C@@H]3C2=O)cc1C(F)(F)F. The van der Waals surface area contributed by atoms with Crippen LogP contribution in [0.5, 0.6) is 0 Å². The highest BCUT2D eigenvalue weighted by atomic mass is 19.4. The Kier molecular flexibility index (Phi) is 4.09. The molecule has 1 aromatic rings. The zero-order valence-electron chi connectivity index (χ0n) is 14.9. The molecule has 1 N–H and O–H groups in total. The van der Waals surface area contributed by atoms with Gasteiger partial charge in [0.2, 0.25) is 17.7 Å². The van der Waals surface area contributed by atoms with Gasteiger partial charge in [-0.25, -0.2) is 0 Å². The molecule has 4 atom stereocenters. The molecule has 28 heavy (non-hydrogen) atoms. The van der Waals surface area contributed by atoms with Crippen molar-refractivity contribution in [3.8, 4) is 0 Å². The van der Waals surface area contributed by atoms with Crippen LogP contribution in [0.15, 0.2) is 18.2 Å². The van der Waals surface area contributed by atoms with Crippen LogP contribution in [-0.2, 0) is 25.4 Å². The summed E-state index contributed by atoms with van der Waals surface area (Å²) in [6.45, 7) is 1.08. The van der Waals surface area contributed by atoms with Gasteiger partial charge < -0.3 is 5.32 Å². The van der Waals surface area contributed by atoms with E-state index >= 15 is 0 Å². The molecule has 0 unspecified atom stereocenters. The summed E-state index contributed by atoms with van der Waals surface area (Å²) in [4.78, 5) is 50.0. The molecule has 3 amide bonds. The lowest BCUT2D eigenvalue weighted by Gasteiger charge is -2.41. The number of ketones is 1. The fraction of sp³-hybridized carbons (Fsp3) is 0.474. The molecule has 0 spiro atoms. The van der Waals surface area contributed by atoms with Crippen LogP contribution < -0.4 is 10.2 Å². The van der Waals surface area contributed by atoms with Crippen LogP contribution in [-0.4, -0.2) is 23.5 Å². The first-order valence-corrected chi connectivity index (χ1v) is 8.99. The van der Waals surface area contributed by atoms with E-state index in [0.29, 0.717) is 18.9 Å². The number of nitrogens with zero attached hydrogens (tertiary/aromatic N) is 1. The summed E-state index contributed by atoms with van der Waals surface area (Å²) in [5, 5.41) is 2.11. The minimum atomic E-state index is -4.79. The summed E-state index contributed by atoms with van der Waals surface area (Å²) < 4.78 is 40.4. The molecule has 1 aromatic carbocycles. The highest BCUT2D eigenvalue weighted by Gasteiger charge is 2.61. The molecule has 5 rings (SSSR count). The van der Waals surface area contributed by atoms with Gasteiger partial charge in [-0.3, -0.25) is 24.1 Å². The fourth-order valence-electron chi connectivity index (χ4n) is 4.84. The average Bonchev–Trinajstić information content (AvgIpc) is 2.87. The number of benzene rings is 1. The van der Waals surface area contributed by atoms with Crippen LogP contribution in [0.4, 0.5) is 24.5 Å². The third kappa shape index (κ3) is 2.71. The third-order valence-corrected chi connectivity index (χ3v) is 5.94. The molecule has 3 saturated carbocycles. The van der Waals surface area contributed by atoms with Gasteiger partial charge in [0.15, 0.2) is 0 Å². The number of rotatable bonds is 2. The zero-order chi connectivity index (χ0) is 20.4. The summed E-state index contributed by atoms with van der Waals surface area (Å²) in [5.74, 6) is -4.06. The molecule has 1 aliphatic heterocycles. The van der Waals surface area contributed by atoms with Crippen LogP contribution in [0, 0.1) is 23.7 Å². The predicted molar refractivity (Wildman–Crippen MR) is 91.1 cm³/mol. The molecule has 3 aliphatic carbocycles. The molecular weight excluding hydrogens is 377 g/mol. The summed E-state index contributed by atoms with van der Waals surface area (Å²) >= 11 is 0. The standard InChI is InChI=1S/C19H17F3N2O4/c1-8(25)23-13-5-3-10(7-12(13)19(20,21)22)24-17(27)15-9-2-4-11(14(26)6-9)16(15)18(24)28/h3,5,7,9,11,15-16H,2,4,6H2,1H3,(H,23,25)/t9-,11+,15+,16-/m0/s1. The maximum absolute atomic E-state index is 13.5. The highest BCUT2D eigenvalue weighted by Crippen LogP contribution is 2.52. The van der Waals surface area contributed by atoms with Crippen LogP contribution in [0.2, 0.25) is 0 Å². The average molecular weight is 394 g/mol. The molecule has 148 valence electrons. The Hall–Kier alpha value is -2.71. The summed E-state index contributed by atoms with van der Waals surface area (Å²) in [7, 11) is 0. The maximum Gasteiger partial charge on any atom is 0.418 e. The first-order chi connectivity index (χ1) is 13.1. The molecule has 4 aliphatic rings. The van der Waals surface area contributed by atoms with E-state index in [1.165, 1.54) is 6.07 Å². The number of alkyl halides is 3. The van der Waals surface area contributed by atoms with E-state index in [4.69, 9.17) is 0 Å². The largest absolute Gasteiger partial charge is 0.418 e. The second-order valence-corrected chi connectivity index (χ2v) is 7.59. The number of Topliss-reactive ketones (excluding diaryl/α,β-unsaturated/α-hetero) is 1. The highest BCUT2D eigenvalue weighted by molar-refractivity contribution is 6.23. The number of amides is 3. The van der Waals surface area contributed by atoms with Gasteiger partial charge in [0.1, 0.15) is 5.78 Å². The lowest BCUT2D eigenvalue weighted by molar-refractivity contribution is -0.143. The molecular formula is C19H17F3N2O4. The molecule has 1 heterocycles. The number of hydrogen-bond acceptors (Lipinski definition) is 4. The normalized spacial score (nSPS) is 29.3. The van der Waals surface area contributed by atoms with Crippen molar-refractivity contribution in [1.82, 2.24) is 0 Å². The van der Waals surface area contributed by atoms with Gasteiger partial charge in [0.05, 0.1) is 28.8 Å². The van der Waals surface area contributed by atoms with Gasteiger partial charge in [-0.2, -0.15) is 13.2 Å². The van der Waals surface area contributed by atoms with Crippen molar-refractivity contribution >= 4 is 34.9 Å². The second kappa shape index (κ2) is 6.15. The van der Waals surface area contributed by atoms with Crippen molar-refractivity contribution < 1.29 is 32.3 Å². The molecule has 0 radical (unpaired) electrons. The predicted octanol–water partition coefficient (Wildman–Crippen LogP) is 2.77. The van der Waals surface area contributed by atoms with Gasteiger partial charge in [-0.05, 0) is 37.0 Å². The van der Waals surface area contributed by atoms with Crippen molar-refractivity contribution in [2.24, 2.45) is 23.7 Å². The van der Waals surface area contributed by atoms with E-state index in [0.717, 1.165) is 17.9 Å². The van der Waals surface area contributed by atoms with Crippen LogP contribution >= 0.6 is 0 Å². The monoisotopic (exact) mass is 394 g/mol. The number of halogens is 3. The fourth-order valence-corrected chi connectivity index (χ4v) is 4.84. The first-order valence-electron chi connectivity index (χ1n) is 8.99. The van der Waals surface area contributed by atoms with E-state index in [9.17, 15) is 32.3 Å². The molecule has 9 heteroatoms. The zero-order valence-corrected chi connectivity index (χ0v) is 14.9. The number of nitrogens with one attached hydrogen (secondary N) is 1. The van der Waals surface area contributed by atoms with Gasteiger partial charge >= 0.3 is 6.18 Å². The van der Waals surface area contributed by atoms with Crippen LogP contribution in [0.3, 0.4) is 0 Å². The quantitative estimate of drug-likeness (QED) is 0.782. The molecule has 4 fully saturated rings. The van der Waals surface area contributed by atoms with Gasteiger partial charge in [-0.1, -0.05) is 0 Å². The third-order valence-electron chi connectivity index (χ3n) is 5.94.